The highest BCUT2D eigenvalue weighted by atomic mass is 32.1. The fourth-order valence-corrected chi connectivity index (χ4v) is 5.36. The number of carbonyl (C=O) groups is 2. The van der Waals surface area contributed by atoms with Gasteiger partial charge in [-0.15, -0.1) is 11.3 Å². The molecule has 0 N–H and O–H groups in total. The van der Waals surface area contributed by atoms with Crippen LogP contribution in [0.15, 0.2) is 60.3 Å². The van der Waals surface area contributed by atoms with Crippen LogP contribution < -0.4 is 0 Å². The summed E-state index contributed by atoms with van der Waals surface area (Å²) in [6.45, 7) is 4.10. The Balaban J connectivity index is 1.66. The number of carbonyl (C=O) groups excluding carboxylic acids is 2. The minimum absolute atomic E-state index is 0.0427. The van der Waals surface area contributed by atoms with E-state index in [0.29, 0.717) is 33.0 Å². The van der Waals surface area contributed by atoms with Crippen LogP contribution in [0.5, 0.6) is 0 Å². The molecule has 8 heteroatoms. The summed E-state index contributed by atoms with van der Waals surface area (Å²) in [6, 6.07) is 21.2. The number of benzene rings is 2. The maximum absolute atomic E-state index is 13.2. The largest absolute Gasteiger partial charge is 0.462 e. The number of ketones is 1. The minimum atomic E-state index is -0.531. The van der Waals surface area contributed by atoms with Gasteiger partial charge in [0.15, 0.2) is 5.78 Å². The van der Waals surface area contributed by atoms with Crippen LogP contribution in [0.25, 0.3) is 17.0 Å². The number of allylic oxidation sites excluding steroid dienone is 1. The maximum atomic E-state index is 13.2. The molecule has 0 bridgehead atoms. The van der Waals surface area contributed by atoms with Crippen molar-refractivity contribution in [2.45, 2.75) is 26.8 Å². The molecule has 0 radical (unpaired) electrons. The summed E-state index contributed by atoms with van der Waals surface area (Å²) in [7, 11) is 0. The van der Waals surface area contributed by atoms with E-state index in [0.717, 1.165) is 27.8 Å². The summed E-state index contributed by atoms with van der Waals surface area (Å²) < 4.78 is 7.10. The van der Waals surface area contributed by atoms with Crippen molar-refractivity contribution in [2.24, 2.45) is 0 Å². The first kappa shape index (κ1) is 26.1. The van der Waals surface area contributed by atoms with Crippen LogP contribution in [-0.4, -0.2) is 22.9 Å². The lowest BCUT2D eigenvalue weighted by Gasteiger charge is -2.05. The topological polar surface area (TPSA) is 120 Å². The number of para-hydroxylation sites is 1. The number of esters is 1. The molecule has 2 aromatic heterocycles. The van der Waals surface area contributed by atoms with Gasteiger partial charge in [-0.1, -0.05) is 30.3 Å². The molecule has 0 saturated carbocycles. The predicted molar refractivity (Wildman–Crippen MR) is 144 cm³/mol. The van der Waals surface area contributed by atoms with Gasteiger partial charge >= 0.3 is 5.97 Å². The molecule has 38 heavy (non-hydrogen) atoms. The van der Waals surface area contributed by atoms with Gasteiger partial charge in [0.2, 0.25) is 0 Å². The van der Waals surface area contributed by atoms with Crippen LogP contribution in [-0.2, 0) is 22.5 Å². The van der Waals surface area contributed by atoms with E-state index in [1.54, 1.807) is 32.1 Å². The maximum Gasteiger partial charge on any atom is 0.348 e. The molecular weight excluding hydrogens is 496 g/mol. The van der Waals surface area contributed by atoms with Gasteiger partial charge in [0.05, 0.1) is 29.4 Å². The average Bonchev–Trinajstić information content (AvgIpc) is 3.44. The van der Waals surface area contributed by atoms with Crippen molar-refractivity contribution in [3.8, 4) is 18.2 Å². The summed E-state index contributed by atoms with van der Waals surface area (Å²) in [5.41, 5.74) is 3.95. The van der Waals surface area contributed by atoms with Crippen molar-refractivity contribution in [3.05, 3.63) is 97.9 Å². The van der Waals surface area contributed by atoms with E-state index >= 15 is 0 Å². The lowest BCUT2D eigenvalue weighted by Crippen LogP contribution is -2.05. The zero-order valence-corrected chi connectivity index (χ0v) is 21.6. The van der Waals surface area contributed by atoms with Crippen molar-refractivity contribution in [1.29, 1.82) is 15.8 Å². The molecule has 0 atom stereocenters. The molecule has 4 rings (SSSR count). The van der Waals surface area contributed by atoms with Gasteiger partial charge in [-0.3, -0.25) is 4.79 Å². The molecule has 0 aliphatic carbocycles. The quantitative estimate of drug-likeness (QED) is 0.168. The monoisotopic (exact) mass is 518 g/mol. The molecule has 0 unspecified atom stereocenters. The second kappa shape index (κ2) is 11.4. The van der Waals surface area contributed by atoms with Gasteiger partial charge in [0.25, 0.3) is 0 Å². The number of ether oxygens (including phenoxy) is 1. The van der Waals surface area contributed by atoms with Gasteiger partial charge < -0.3 is 9.30 Å². The highest BCUT2D eigenvalue weighted by Gasteiger charge is 2.23. The Morgan fingerprint density at radius 1 is 1.05 bits per heavy atom. The van der Waals surface area contributed by atoms with E-state index in [9.17, 15) is 20.1 Å². The molecular formula is C30H22N4O3S. The van der Waals surface area contributed by atoms with Crippen LogP contribution >= 0.6 is 11.3 Å². The number of nitriles is 3. The highest BCUT2D eigenvalue weighted by molar-refractivity contribution is 7.14. The van der Waals surface area contributed by atoms with E-state index in [2.05, 4.69) is 12.1 Å². The molecule has 7 nitrogen and oxygen atoms in total. The van der Waals surface area contributed by atoms with E-state index in [1.165, 1.54) is 0 Å². The first-order chi connectivity index (χ1) is 18.4. The van der Waals surface area contributed by atoms with Gasteiger partial charge in [-0.2, -0.15) is 15.8 Å². The van der Waals surface area contributed by atoms with E-state index in [-0.39, 0.29) is 24.2 Å². The number of thiophene rings is 1. The number of hydrogen-bond acceptors (Lipinski definition) is 7. The Hall–Kier alpha value is -4.97. The van der Waals surface area contributed by atoms with Crippen LogP contribution in [0.3, 0.4) is 0 Å². The summed E-state index contributed by atoms with van der Waals surface area (Å²) in [5.74, 6) is -0.971. The molecule has 0 amide bonds. The number of fused-ring (bicyclic) bond motifs is 1. The Bertz CT molecular complexity index is 1700. The molecule has 0 spiro atoms. The SMILES string of the molecule is CCOC(=O)c1sc(CC(=O)/C(C#N)=C/c2cn(Cc3ccc(C#N)cc3)c3ccccc23)c(C#N)c1C. The van der Waals surface area contributed by atoms with E-state index in [1.807, 2.05) is 53.2 Å². The van der Waals surface area contributed by atoms with Crippen molar-refractivity contribution >= 4 is 40.1 Å². The fraction of sp³-hybridized carbons (Fsp3) is 0.167. The molecule has 0 aliphatic rings. The second-order valence-corrected chi connectivity index (χ2v) is 9.60. The van der Waals surface area contributed by atoms with Gasteiger partial charge in [-0.25, -0.2) is 4.79 Å². The Morgan fingerprint density at radius 2 is 1.79 bits per heavy atom. The van der Waals surface area contributed by atoms with Crippen LogP contribution in [0.1, 0.15) is 49.3 Å². The smallest absolute Gasteiger partial charge is 0.348 e. The average molecular weight is 519 g/mol. The van der Waals surface area contributed by atoms with Gasteiger partial charge in [0, 0.05) is 40.5 Å². The third kappa shape index (κ3) is 5.25. The fourth-order valence-electron chi connectivity index (χ4n) is 4.21. The number of rotatable bonds is 8. The lowest BCUT2D eigenvalue weighted by atomic mass is 10.0. The first-order valence-corrected chi connectivity index (χ1v) is 12.6. The standard InChI is InChI=1S/C30H22N4O3S/c1-3-37-30(36)29-19(2)25(16-33)28(38-29)13-27(35)22(15-32)12-23-18-34(26-7-5-4-6-24(23)26)17-21-10-8-20(14-31)9-11-21/h4-12,18H,3,13,17H2,1-2H3/b22-12+. The Kier molecular flexibility index (Phi) is 7.83. The summed E-state index contributed by atoms with van der Waals surface area (Å²) >= 11 is 1.05. The molecule has 0 fully saturated rings. The minimum Gasteiger partial charge on any atom is -0.462 e. The number of aromatic nitrogens is 1. The van der Waals surface area contributed by atoms with Crippen molar-refractivity contribution in [3.63, 3.8) is 0 Å². The summed E-state index contributed by atoms with van der Waals surface area (Å²) in [6.07, 6.45) is 3.29. The van der Waals surface area contributed by atoms with Crippen LogP contribution in [0.4, 0.5) is 0 Å². The second-order valence-electron chi connectivity index (χ2n) is 8.49. The molecule has 2 heterocycles. The molecule has 0 saturated heterocycles. The van der Waals surface area contributed by atoms with E-state index < -0.39 is 11.8 Å². The molecule has 4 aromatic rings. The van der Waals surface area contributed by atoms with Crippen molar-refractivity contribution < 1.29 is 14.3 Å². The zero-order chi connectivity index (χ0) is 27.2. The van der Waals surface area contributed by atoms with Crippen molar-refractivity contribution in [2.75, 3.05) is 6.61 Å². The summed E-state index contributed by atoms with van der Waals surface area (Å²) in [4.78, 5) is 26.2. The van der Waals surface area contributed by atoms with Crippen molar-refractivity contribution in [1.82, 2.24) is 4.57 Å². The number of nitrogens with zero attached hydrogens (tertiary/aromatic N) is 4. The Labute approximate surface area is 224 Å². The summed E-state index contributed by atoms with van der Waals surface area (Å²) in [5, 5.41) is 29.4. The predicted octanol–water partition coefficient (Wildman–Crippen LogP) is 5.70. The third-order valence-corrected chi connectivity index (χ3v) is 7.36. The number of hydrogen-bond donors (Lipinski definition) is 0. The zero-order valence-electron chi connectivity index (χ0n) is 20.8. The van der Waals surface area contributed by atoms with Crippen LogP contribution in [0.2, 0.25) is 0 Å². The normalized spacial score (nSPS) is 11.0. The van der Waals surface area contributed by atoms with Gasteiger partial charge in [-0.05, 0) is 49.2 Å². The first-order valence-electron chi connectivity index (χ1n) is 11.8. The Morgan fingerprint density at radius 3 is 2.45 bits per heavy atom. The molecule has 0 aliphatic heterocycles. The lowest BCUT2D eigenvalue weighted by molar-refractivity contribution is -0.114. The van der Waals surface area contributed by atoms with E-state index in [4.69, 9.17) is 10.00 Å². The van der Waals surface area contributed by atoms with Crippen LogP contribution in [0, 0.1) is 40.9 Å². The molecule has 2 aromatic carbocycles. The third-order valence-electron chi connectivity index (χ3n) is 6.09. The molecule has 186 valence electrons. The number of Topliss-reactive ketones (excluding diaryl/α,β-unsaturated/α-hetero) is 1. The highest BCUT2D eigenvalue weighted by Crippen LogP contribution is 2.30. The van der Waals surface area contributed by atoms with Gasteiger partial charge in [0.1, 0.15) is 17.0 Å².